The van der Waals surface area contributed by atoms with E-state index in [2.05, 4.69) is 39.4 Å². The lowest BCUT2D eigenvalue weighted by Gasteiger charge is -2.24. The Labute approximate surface area is 184 Å². The molecule has 27 heavy (non-hydrogen) atoms. The number of aliphatic imine (C=N–C) groups is 1. The van der Waals surface area contributed by atoms with Gasteiger partial charge >= 0.3 is 0 Å². The summed E-state index contributed by atoms with van der Waals surface area (Å²) < 4.78 is 0. The third-order valence-electron chi connectivity index (χ3n) is 4.64. The quantitative estimate of drug-likeness (QED) is 0.319. The molecule has 0 radical (unpaired) electrons. The van der Waals surface area contributed by atoms with E-state index in [1.807, 2.05) is 6.20 Å². The van der Waals surface area contributed by atoms with Gasteiger partial charge < -0.3 is 15.5 Å². The van der Waals surface area contributed by atoms with E-state index in [1.165, 1.54) is 24.3 Å². The van der Waals surface area contributed by atoms with Crippen molar-refractivity contribution in [3.8, 4) is 0 Å². The minimum atomic E-state index is -0.00957. The summed E-state index contributed by atoms with van der Waals surface area (Å²) in [7, 11) is 3.50. The Bertz CT molecular complexity index is 606. The van der Waals surface area contributed by atoms with Gasteiger partial charge in [-0.05, 0) is 32.4 Å². The molecule has 7 nitrogen and oxygen atoms in total. The molecule has 2 N–H and O–H groups in total. The van der Waals surface area contributed by atoms with Crippen LogP contribution in [0.2, 0.25) is 0 Å². The van der Waals surface area contributed by atoms with Crippen LogP contribution in [0.1, 0.15) is 36.6 Å². The normalized spacial score (nSPS) is 17.5. The second kappa shape index (κ2) is 12.5. The summed E-state index contributed by atoms with van der Waals surface area (Å²) in [5.74, 6) is 0.668. The summed E-state index contributed by atoms with van der Waals surface area (Å²) in [4.78, 5) is 26.1. The standard InChI is InChI=1S/C18H32N6OS.HI/c1-5-15-11-19-16(26-15)12-21-18(22-13-17(25)23(3)4)20-10-14-8-7-9-24(14)6-2;/h11,14H,5-10,12-13H2,1-4H3,(H2,20,21,22);1H. The summed E-state index contributed by atoms with van der Waals surface area (Å²) in [5, 5.41) is 7.77. The highest BCUT2D eigenvalue weighted by molar-refractivity contribution is 14.0. The lowest BCUT2D eigenvalue weighted by atomic mass is 10.2. The molecule has 0 aliphatic carbocycles. The van der Waals surface area contributed by atoms with Gasteiger partial charge in [0.1, 0.15) is 11.6 Å². The van der Waals surface area contributed by atoms with Crippen molar-refractivity contribution in [2.45, 2.75) is 45.7 Å². The number of nitrogens with one attached hydrogen (secondary N) is 2. The molecule has 1 amide bonds. The molecular weight excluding hydrogens is 475 g/mol. The molecule has 0 saturated carbocycles. The van der Waals surface area contributed by atoms with Crippen molar-refractivity contribution in [2.75, 3.05) is 40.3 Å². The lowest BCUT2D eigenvalue weighted by Crippen LogP contribution is -2.45. The van der Waals surface area contributed by atoms with Gasteiger partial charge in [-0.25, -0.2) is 9.98 Å². The van der Waals surface area contributed by atoms with Crippen LogP contribution in [-0.2, 0) is 17.8 Å². The third kappa shape index (κ3) is 7.90. The molecule has 1 aromatic rings. The number of aromatic nitrogens is 1. The van der Waals surface area contributed by atoms with Gasteiger partial charge in [0.05, 0.1) is 6.54 Å². The molecule has 2 heterocycles. The molecule has 1 aliphatic rings. The van der Waals surface area contributed by atoms with Crippen molar-refractivity contribution in [3.05, 3.63) is 16.1 Å². The second-order valence-electron chi connectivity index (χ2n) is 6.69. The molecule has 1 fully saturated rings. The number of amides is 1. The fourth-order valence-electron chi connectivity index (χ4n) is 2.97. The molecular formula is C18H33IN6OS. The molecule has 1 aliphatic heterocycles. The van der Waals surface area contributed by atoms with Crippen LogP contribution < -0.4 is 10.6 Å². The van der Waals surface area contributed by atoms with Crippen LogP contribution in [0.4, 0.5) is 0 Å². The van der Waals surface area contributed by atoms with E-state index in [-0.39, 0.29) is 36.4 Å². The number of hydrogen-bond acceptors (Lipinski definition) is 5. The minimum Gasteiger partial charge on any atom is -0.355 e. The van der Waals surface area contributed by atoms with Crippen LogP contribution in [0.25, 0.3) is 0 Å². The summed E-state index contributed by atoms with van der Waals surface area (Å²) in [6, 6.07) is 0.531. The van der Waals surface area contributed by atoms with Crippen molar-refractivity contribution in [1.82, 2.24) is 25.4 Å². The molecule has 0 bridgehead atoms. The van der Waals surface area contributed by atoms with Gasteiger partial charge in [-0.2, -0.15) is 0 Å². The van der Waals surface area contributed by atoms with Crippen molar-refractivity contribution in [3.63, 3.8) is 0 Å². The Morgan fingerprint density at radius 3 is 2.81 bits per heavy atom. The van der Waals surface area contributed by atoms with Crippen LogP contribution in [0.3, 0.4) is 0 Å². The Morgan fingerprint density at radius 1 is 1.41 bits per heavy atom. The predicted octanol–water partition coefficient (Wildman–Crippen LogP) is 1.93. The molecule has 154 valence electrons. The predicted molar refractivity (Wildman–Crippen MR) is 123 cm³/mol. The fraction of sp³-hybridized carbons (Fsp3) is 0.722. The number of carbonyl (C=O) groups is 1. The van der Waals surface area contributed by atoms with Crippen molar-refractivity contribution in [1.29, 1.82) is 0 Å². The van der Waals surface area contributed by atoms with E-state index in [1.54, 1.807) is 30.3 Å². The first kappa shape index (κ1) is 24.1. The summed E-state index contributed by atoms with van der Waals surface area (Å²) in [6.07, 6.45) is 5.39. The second-order valence-corrected chi connectivity index (χ2v) is 7.89. The third-order valence-corrected chi connectivity index (χ3v) is 5.78. The number of rotatable bonds is 8. The zero-order chi connectivity index (χ0) is 18.9. The molecule has 1 unspecified atom stereocenters. The highest BCUT2D eigenvalue weighted by Gasteiger charge is 2.22. The van der Waals surface area contributed by atoms with E-state index in [4.69, 9.17) is 0 Å². The average molecular weight is 508 g/mol. The number of likely N-dealkylation sites (tertiary alicyclic amines) is 1. The average Bonchev–Trinajstić information content (AvgIpc) is 3.29. The number of aryl methyl sites for hydroxylation is 1. The number of nitrogens with zero attached hydrogens (tertiary/aromatic N) is 4. The molecule has 0 aromatic carbocycles. The van der Waals surface area contributed by atoms with Crippen LogP contribution in [0, 0.1) is 0 Å². The minimum absolute atomic E-state index is 0. The first-order valence-electron chi connectivity index (χ1n) is 9.43. The van der Waals surface area contributed by atoms with Crippen LogP contribution >= 0.6 is 35.3 Å². The van der Waals surface area contributed by atoms with E-state index in [9.17, 15) is 4.79 Å². The van der Waals surface area contributed by atoms with Gasteiger partial charge in [-0.15, -0.1) is 35.3 Å². The van der Waals surface area contributed by atoms with Crippen molar-refractivity contribution < 1.29 is 4.79 Å². The molecule has 0 spiro atoms. The first-order chi connectivity index (χ1) is 12.5. The van der Waals surface area contributed by atoms with E-state index in [0.717, 1.165) is 24.5 Å². The van der Waals surface area contributed by atoms with Crippen molar-refractivity contribution in [2.24, 2.45) is 4.99 Å². The fourth-order valence-corrected chi connectivity index (χ4v) is 3.77. The summed E-state index contributed by atoms with van der Waals surface area (Å²) in [6.45, 7) is 8.18. The Hall–Kier alpha value is -0.940. The molecule has 9 heteroatoms. The van der Waals surface area contributed by atoms with Gasteiger partial charge in [-0.1, -0.05) is 13.8 Å². The van der Waals surface area contributed by atoms with Gasteiger partial charge in [-0.3, -0.25) is 9.69 Å². The number of halogens is 1. The van der Waals surface area contributed by atoms with Gasteiger partial charge in [0.25, 0.3) is 0 Å². The molecule has 1 saturated heterocycles. The van der Waals surface area contributed by atoms with Gasteiger partial charge in [0, 0.05) is 37.8 Å². The van der Waals surface area contributed by atoms with Crippen LogP contribution in [-0.4, -0.2) is 73.0 Å². The zero-order valence-corrected chi connectivity index (χ0v) is 20.0. The Balaban J connectivity index is 0.00000364. The van der Waals surface area contributed by atoms with Crippen molar-refractivity contribution >= 4 is 47.2 Å². The zero-order valence-electron chi connectivity index (χ0n) is 16.8. The molecule has 2 rings (SSSR count). The highest BCUT2D eigenvalue weighted by Crippen LogP contribution is 2.15. The maximum absolute atomic E-state index is 11.9. The van der Waals surface area contributed by atoms with E-state index in [0.29, 0.717) is 18.5 Å². The number of likely N-dealkylation sites (N-methyl/N-ethyl adjacent to an activating group) is 2. The lowest BCUT2D eigenvalue weighted by molar-refractivity contribution is -0.127. The molecule has 1 aromatic heterocycles. The van der Waals surface area contributed by atoms with Crippen LogP contribution in [0.5, 0.6) is 0 Å². The summed E-state index contributed by atoms with van der Waals surface area (Å²) in [5.41, 5.74) is 0. The topological polar surface area (TPSA) is 72.9 Å². The van der Waals surface area contributed by atoms with E-state index >= 15 is 0 Å². The Morgan fingerprint density at radius 2 is 2.19 bits per heavy atom. The van der Waals surface area contributed by atoms with E-state index < -0.39 is 0 Å². The first-order valence-corrected chi connectivity index (χ1v) is 10.2. The SMILES string of the molecule is CCc1cnc(CNC(=NCC(=O)N(C)C)NCC2CCCN2CC)s1.I. The maximum atomic E-state index is 11.9. The maximum Gasteiger partial charge on any atom is 0.243 e. The number of carbonyl (C=O) groups excluding carboxylic acids is 1. The molecule has 1 atom stereocenters. The number of guanidine groups is 1. The summed E-state index contributed by atoms with van der Waals surface area (Å²) >= 11 is 1.71. The number of hydrogen-bond donors (Lipinski definition) is 2. The smallest absolute Gasteiger partial charge is 0.243 e. The van der Waals surface area contributed by atoms with Gasteiger partial charge in [0.2, 0.25) is 5.91 Å². The highest BCUT2D eigenvalue weighted by atomic mass is 127. The Kier molecular flexibility index (Phi) is 11.2. The largest absolute Gasteiger partial charge is 0.355 e. The van der Waals surface area contributed by atoms with Gasteiger partial charge in [0.15, 0.2) is 5.96 Å². The van der Waals surface area contributed by atoms with Crippen LogP contribution in [0.15, 0.2) is 11.2 Å². The number of thiazole rings is 1. The monoisotopic (exact) mass is 508 g/mol.